The molecule has 0 radical (unpaired) electrons. The van der Waals surface area contributed by atoms with Gasteiger partial charge in [-0.15, -0.1) is 0 Å². The molecule has 1 aliphatic heterocycles. The smallest absolute Gasteiger partial charge is 0.191 e. The fourth-order valence-electron chi connectivity index (χ4n) is 2.66. The predicted octanol–water partition coefficient (Wildman–Crippen LogP) is 1.12. The molecular weight excluding hydrogens is 290 g/mol. The van der Waals surface area contributed by atoms with E-state index in [1.165, 1.54) is 5.56 Å². The van der Waals surface area contributed by atoms with Crippen molar-refractivity contribution in [3.63, 3.8) is 0 Å². The second-order valence-corrected chi connectivity index (χ2v) is 5.55. The quantitative estimate of drug-likeness (QED) is 0.663. The molecule has 0 atom stereocenters. The minimum absolute atomic E-state index is 0.606. The van der Waals surface area contributed by atoms with Crippen LogP contribution in [0.1, 0.15) is 11.4 Å². The molecule has 2 aromatic rings. The highest BCUT2D eigenvalue weighted by Crippen LogP contribution is 2.06. The zero-order valence-electron chi connectivity index (χ0n) is 13.3. The third-order valence-electron chi connectivity index (χ3n) is 3.94. The Bertz CT molecular complexity index is 631. The van der Waals surface area contributed by atoms with E-state index in [0.29, 0.717) is 12.5 Å². The lowest BCUT2D eigenvalue weighted by Gasteiger charge is -2.27. The monoisotopic (exact) mass is 313 g/mol. The fraction of sp³-hybridized carbons (Fsp3) is 0.412. The van der Waals surface area contributed by atoms with Crippen LogP contribution in [-0.4, -0.2) is 53.3 Å². The molecule has 23 heavy (non-hydrogen) atoms. The number of nitrogens with two attached hydrogens (primary N) is 1. The zero-order chi connectivity index (χ0) is 15.9. The maximum atomic E-state index is 6.04. The summed E-state index contributed by atoms with van der Waals surface area (Å²) in [6.07, 6.45) is 4.63. The van der Waals surface area contributed by atoms with E-state index >= 15 is 0 Å². The van der Waals surface area contributed by atoms with Gasteiger partial charge < -0.3 is 19.9 Å². The maximum Gasteiger partial charge on any atom is 0.191 e. The van der Waals surface area contributed by atoms with Gasteiger partial charge in [0.2, 0.25) is 0 Å². The van der Waals surface area contributed by atoms with Crippen LogP contribution in [0.4, 0.5) is 0 Å². The molecule has 122 valence electrons. The van der Waals surface area contributed by atoms with E-state index < -0.39 is 0 Å². The summed E-state index contributed by atoms with van der Waals surface area (Å²) in [6, 6.07) is 10.4. The molecule has 2 N–H and O–H groups in total. The molecule has 1 aliphatic rings. The van der Waals surface area contributed by atoms with Gasteiger partial charge in [-0.2, -0.15) is 0 Å². The number of guanidine groups is 1. The average molecular weight is 313 g/mol. The first-order valence-electron chi connectivity index (χ1n) is 7.99. The van der Waals surface area contributed by atoms with Crippen LogP contribution >= 0.6 is 0 Å². The third-order valence-corrected chi connectivity index (χ3v) is 3.94. The molecule has 0 aliphatic carbocycles. The number of ether oxygens (including phenoxy) is 1. The van der Waals surface area contributed by atoms with Gasteiger partial charge in [0.1, 0.15) is 5.82 Å². The van der Waals surface area contributed by atoms with Crippen LogP contribution in [0.15, 0.2) is 47.7 Å². The Hall–Kier alpha value is -2.34. The first kappa shape index (κ1) is 15.6. The van der Waals surface area contributed by atoms with E-state index in [4.69, 9.17) is 10.5 Å². The van der Waals surface area contributed by atoms with Gasteiger partial charge in [0.15, 0.2) is 5.96 Å². The fourth-order valence-corrected chi connectivity index (χ4v) is 2.66. The Morgan fingerprint density at radius 2 is 2.00 bits per heavy atom. The van der Waals surface area contributed by atoms with E-state index in [9.17, 15) is 0 Å². The summed E-state index contributed by atoms with van der Waals surface area (Å²) in [4.78, 5) is 11.0. The molecule has 0 saturated carbocycles. The molecule has 0 amide bonds. The molecule has 3 rings (SSSR count). The number of hydrogen-bond acceptors (Lipinski definition) is 3. The van der Waals surface area contributed by atoms with Gasteiger partial charge in [0.25, 0.3) is 0 Å². The van der Waals surface area contributed by atoms with Crippen molar-refractivity contribution in [3.8, 4) is 0 Å². The summed E-state index contributed by atoms with van der Waals surface area (Å²) in [5, 5.41) is 0. The number of morpholine rings is 1. The van der Waals surface area contributed by atoms with Crippen LogP contribution in [0.25, 0.3) is 0 Å². The Labute approximate surface area is 136 Å². The minimum Gasteiger partial charge on any atom is -0.378 e. The van der Waals surface area contributed by atoms with E-state index in [-0.39, 0.29) is 0 Å². The number of imidazole rings is 1. The van der Waals surface area contributed by atoms with Gasteiger partial charge >= 0.3 is 0 Å². The number of benzene rings is 1. The van der Waals surface area contributed by atoms with Crippen molar-refractivity contribution in [2.24, 2.45) is 10.7 Å². The molecule has 1 aromatic carbocycles. The Morgan fingerprint density at radius 1 is 1.22 bits per heavy atom. The summed E-state index contributed by atoms with van der Waals surface area (Å²) >= 11 is 0. The zero-order valence-corrected chi connectivity index (χ0v) is 13.3. The third kappa shape index (κ3) is 4.32. The van der Waals surface area contributed by atoms with Gasteiger partial charge in [0.05, 0.1) is 13.2 Å². The predicted molar refractivity (Wildman–Crippen MR) is 90.4 cm³/mol. The molecule has 0 spiro atoms. The standard InChI is InChI=1S/C17H23N5O/c18-17(21-10-12-23-13-11-21)20-7-6-16-19-8-9-22(16)14-15-4-2-1-3-5-15/h1-5,8-9H,6-7,10-14H2,(H2,18,20). The van der Waals surface area contributed by atoms with Crippen LogP contribution < -0.4 is 5.73 Å². The molecule has 1 saturated heterocycles. The van der Waals surface area contributed by atoms with E-state index in [1.54, 1.807) is 0 Å². The highest BCUT2D eigenvalue weighted by Gasteiger charge is 2.12. The highest BCUT2D eigenvalue weighted by atomic mass is 16.5. The molecule has 1 fully saturated rings. The van der Waals surface area contributed by atoms with Gasteiger partial charge in [-0.05, 0) is 5.56 Å². The summed E-state index contributed by atoms with van der Waals surface area (Å²) in [5.41, 5.74) is 7.31. The van der Waals surface area contributed by atoms with Crippen molar-refractivity contribution >= 4 is 5.96 Å². The maximum absolute atomic E-state index is 6.04. The Morgan fingerprint density at radius 3 is 2.78 bits per heavy atom. The van der Waals surface area contributed by atoms with Crippen LogP contribution in [0.3, 0.4) is 0 Å². The van der Waals surface area contributed by atoms with Crippen molar-refractivity contribution in [3.05, 3.63) is 54.1 Å². The van der Waals surface area contributed by atoms with Crippen LogP contribution in [0, 0.1) is 0 Å². The molecule has 1 aromatic heterocycles. The van der Waals surface area contributed by atoms with Crippen LogP contribution in [0.2, 0.25) is 0 Å². The summed E-state index contributed by atoms with van der Waals surface area (Å²) in [5.74, 6) is 1.64. The first-order chi connectivity index (χ1) is 11.3. The number of aromatic nitrogens is 2. The van der Waals surface area contributed by atoms with Crippen molar-refractivity contribution < 1.29 is 4.74 Å². The number of hydrogen-bond donors (Lipinski definition) is 1. The lowest BCUT2D eigenvalue weighted by atomic mass is 10.2. The van der Waals surface area contributed by atoms with Gasteiger partial charge in [-0.1, -0.05) is 30.3 Å². The van der Waals surface area contributed by atoms with Crippen molar-refractivity contribution in [1.29, 1.82) is 0 Å². The topological polar surface area (TPSA) is 68.7 Å². The van der Waals surface area contributed by atoms with Crippen LogP contribution in [-0.2, 0) is 17.7 Å². The van der Waals surface area contributed by atoms with E-state index in [2.05, 4.69) is 43.7 Å². The molecule has 6 heteroatoms. The Balaban J connectivity index is 1.55. The SMILES string of the molecule is NC(=NCCc1nccn1Cc1ccccc1)N1CCOCC1. The van der Waals surface area contributed by atoms with Gasteiger partial charge in [-0.3, -0.25) is 4.99 Å². The van der Waals surface area contributed by atoms with Gasteiger partial charge in [0, 0.05) is 45.0 Å². The van der Waals surface area contributed by atoms with Gasteiger partial charge in [-0.25, -0.2) is 4.98 Å². The lowest BCUT2D eigenvalue weighted by molar-refractivity contribution is 0.0674. The Kier molecular flexibility index (Phi) is 5.26. The summed E-state index contributed by atoms with van der Waals surface area (Å²) in [6.45, 7) is 4.55. The molecule has 2 heterocycles. The molecule has 0 bridgehead atoms. The molecule has 0 unspecified atom stereocenters. The van der Waals surface area contributed by atoms with Crippen molar-refractivity contribution in [2.45, 2.75) is 13.0 Å². The van der Waals surface area contributed by atoms with E-state index in [0.717, 1.165) is 45.1 Å². The van der Waals surface area contributed by atoms with Crippen LogP contribution in [0.5, 0.6) is 0 Å². The second kappa shape index (κ2) is 7.78. The normalized spacial score (nSPS) is 15.8. The lowest BCUT2D eigenvalue weighted by Crippen LogP contribution is -2.44. The van der Waals surface area contributed by atoms with Crippen molar-refractivity contribution in [1.82, 2.24) is 14.5 Å². The van der Waals surface area contributed by atoms with E-state index in [1.807, 2.05) is 18.5 Å². The number of rotatable bonds is 5. The molecule has 6 nitrogen and oxygen atoms in total. The highest BCUT2D eigenvalue weighted by molar-refractivity contribution is 5.78. The summed E-state index contributed by atoms with van der Waals surface area (Å²) in [7, 11) is 0. The number of nitrogens with zero attached hydrogens (tertiary/aromatic N) is 4. The number of aliphatic imine (C=N–C) groups is 1. The van der Waals surface area contributed by atoms with Crippen molar-refractivity contribution in [2.75, 3.05) is 32.8 Å². The first-order valence-corrected chi connectivity index (χ1v) is 7.99. The largest absolute Gasteiger partial charge is 0.378 e. The minimum atomic E-state index is 0.606. The summed E-state index contributed by atoms with van der Waals surface area (Å²) < 4.78 is 7.48. The second-order valence-electron chi connectivity index (χ2n) is 5.55. The molecular formula is C17H23N5O. The average Bonchev–Trinajstić information content (AvgIpc) is 3.03.